The zero-order valence-corrected chi connectivity index (χ0v) is 14.8. The summed E-state index contributed by atoms with van der Waals surface area (Å²) in [7, 11) is 0. The van der Waals surface area contributed by atoms with Gasteiger partial charge in [0.1, 0.15) is 12.8 Å². The van der Waals surface area contributed by atoms with Crippen LogP contribution in [0.25, 0.3) is 10.8 Å². The number of amides is 3. The van der Waals surface area contributed by atoms with E-state index in [1.165, 1.54) is 6.08 Å². The maximum atomic E-state index is 12.0. The Morgan fingerprint density at radius 1 is 1.41 bits per heavy atom. The van der Waals surface area contributed by atoms with Gasteiger partial charge < -0.3 is 15.0 Å². The monoisotopic (exact) mass is 367 g/mol. The van der Waals surface area contributed by atoms with E-state index in [1.54, 1.807) is 4.90 Å². The Morgan fingerprint density at radius 2 is 2.26 bits per heavy atom. The lowest BCUT2D eigenvalue weighted by atomic mass is 10.1. The van der Waals surface area contributed by atoms with Crippen LogP contribution in [0, 0.1) is 0 Å². The molecule has 0 radical (unpaired) electrons. The van der Waals surface area contributed by atoms with Crippen LogP contribution < -0.4 is 20.9 Å². The van der Waals surface area contributed by atoms with E-state index >= 15 is 0 Å². The van der Waals surface area contributed by atoms with Gasteiger partial charge in [0, 0.05) is 11.9 Å². The molecule has 1 unspecified atom stereocenters. The van der Waals surface area contributed by atoms with Crippen molar-refractivity contribution in [1.82, 2.24) is 26.1 Å². The summed E-state index contributed by atoms with van der Waals surface area (Å²) in [5.41, 5.74) is 6.00. The van der Waals surface area contributed by atoms with Crippen molar-refractivity contribution in [3.63, 3.8) is 0 Å². The number of hydrogen-bond donors (Lipinski definition) is 3. The van der Waals surface area contributed by atoms with Gasteiger partial charge in [-0.1, -0.05) is 24.8 Å². The minimum Gasteiger partial charge on any atom is -0.475 e. The van der Waals surface area contributed by atoms with E-state index in [2.05, 4.69) is 27.7 Å². The van der Waals surface area contributed by atoms with Crippen molar-refractivity contribution in [2.24, 2.45) is 0 Å². The normalized spacial score (nSPS) is 21.8. The van der Waals surface area contributed by atoms with Gasteiger partial charge >= 0.3 is 6.03 Å². The summed E-state index contributed by atoms with van der Waals surface area (Å²) in [5, 5.41) is 4.60. The fraction of sp³-hybridized carbons (Fsp3) is 0.316. The quantitative estimate of drug-likeness (QED) is 0.698. The minimum atomic E-state index is -0.435. The predicted molar refractivity (Wildman–Crippen MR) is 99.7 cm³/mol. The molecular weight excluding hydrogens is 346 g/mol. The van der Waals surface area contributed by atoms with Gasteiger partial charge in [0.2, 0.25) is 11.8 Å². The average molecular weight is 367 g/mol. The number of urea groups is 1. The molecule has 1 aromatic carbocycles. The number of likely N-dealkylation sites (tertiary alicyclic amines) is 1. The predicted octanol–water partition coefficient (Wildman–Crippen LogP) is 1.61. The van der Waals surface area contributed by atoms with E-state index in [1.807, 2.05) is 30.3 Å². The second-order valence-electron chi connectivity index (χ2n) is 6.59. The summed E-state index contributed by atoms with van der Waals surface area (Å²) in [4.78, 5) is 29.8. The number of fused-ring (bicyclic) bond motifs is 1. The number of pyridine rings is 1. The summed E-state index contributed by atoms with van der Waals surface area (Å²) in [6.45, 7) is 4.65. The number of carbonyl (C=O) groups is 2. The van der Waals surface area contributed by atoms with Crippen molar-refractivity contribution < 1.29 is 14.3 Å². The van der Waals surface area contributed by atoms with E-state index in [9.17, 15) is 9.59 Å². The Bertz CT molecular complexity index is 900. The van der Waals surface area contributed by atoms with E-state index in [0.717, 1.165) is 30.2 Å². The van der Waals surface area contributed by atoms with Crippen LogP contribution in [0.3, 0.4) is 0 Å². The average Bonchev–Trinajstić information content (AvgIpc) is 3.34. The van der Waals surface area contributed by atoms with Crippen molar-refractivity contribution in [1.29, 1.82) is 0 Å². The highest BCUT2D eigenvalue weighted by molar-refractivity contribution is 5.88. The van der Waals surface area contributed by atoms with Crippen LogP contribution in [0.15, 0.2) is 43.0 Å². The third kappa shape index (κ3) is 3.43. The number of rotatable bonds is 5. The van der Waals surface area contributed by atoms with Crippen molar-refractivity contribution in [2.75, 3.05) is 13.2 Å². The van der Waals surface area contributed by atoms with Gasteiger partial charge in [0.25, 0.3) is 0 Å². The standard InChI is InChI=1S/C19H21N5O3/c1-2-16(25)24-9-5-7-13(24)11-27-18-14-8-4-3-6-12(14)10-15(20-18)17-21-19(26)23-22-17/h2-4,6,8,10,13,17,22H,1,5,7,9,11H2,(H2,21,23,26)/t13-,17?/m1/s1. The first-order chi connectivity index (χ1) is 13.2. The Labute approximate surface area is 156 Å². The molecule has 0 saturated carbocycles. The molecule has 8 nitrogen and oxygen atoms in total. The van der Waals surface area contributed by atoms with Gasteiger partial charge in [0.05, 0.1) is 11.7 Å². The molecule has 4 rings (SSSR count). The molecule has 27 heavy (non-hydrogen) atoms. The Kier molecular flexibility index (Phi) is 4.64. The van der Waals surface area contributed by atoms with E-state index in [-0.39, 0.29) is 18.0 Å². The van der Waals surface area contributed by atoms with E-state index < -0.39 is 6.17 Å². The molecule has 3 heterocycles. The molecule has 2 atom stereocenters. The van der Waals surface area contributed by atoms with Gasteiger partial charge in [-0.25, -0.2) is 15.2 Å². The van der Waals surface area contributed by atoms with Crippen LogP contribution in [0.1, 0.15) is 24.7 Å². The molecule has 3 N–H and O–H groups in total. The lowest BCUT2D eigenvalue weighted by Gasteiger charge is -2.23. The lowest BCUT2D eigenvalue weighted by Crippen LogP contribution is -2.38. The van der Waals surface area contributed by atoms with Crippen molar-refractivity contribution in [2.45, 2.75) is 25.0 Å². The van der Waals surface area contributed by atoms with Gasteiger partial charge in [-0.2, -0.15) is 0 Å². The third-order valence-corrected chi connectivity index (χ3v) is 4.87. The highest BCUT2D eigenvalue weighted by Crippen LogP contribution is 2.28. The SMILES string of the molecule is C=CC(=O)N1CCC[C@@H]1COc1nc(C2NNC(=O)N2)cc2ccccc12. The molecule has 8 heteroatoms. The summed E-state index contributed by atoms with van der Waals surface area (Å²) in [6.07, 6.45) is 2.75. The first-order valence-corrected chi connectivity index (χ1v) is 8.93. The van der Waals surface area contributed by atoms with Crippen LogP contribution >= 0.6 is 0 Å². The summed E-state index contributed by atoms with van der Waals surface area (Å²) >= 11 is 0. The van der Waals surface area contributed by atoms with Gasteiger partial charge in [-0.3, -0.25) is 10.2 Å². The fourth-order valence-electron chi connectivity index (χ4n) is 3.52. The number of hydrazine groups is 1. The van der Waals surface area contributed by atoms with Crippen LogP contribution in [-0.2, 0) is 4.79 Å². The molecule has 3 amide bonds. The molecule has 0 spiro atoms. The maximum Gasteiger partial charge on any atom is 0.330 e. The van der Waals surface area contributed by atoms with Gasteiger partial charge in [-0.15, -0.1) is 0 Å². The molecule has 2 aromatic rings. The largest absolute Gasteiger partial charge is 0.475 e. The Balaban J connectivity index is 1.59. The molecule has 2 aliphatic rings. The highest BCUT2D eigenvalue weighted by Gasteiger charge is 2.28. The lowest BCUT2D eigenvalue weighted by molar-refractivity contribution is -0.127. The number of aromatic nitrogens is 1. The number of benzene rings is 1. The molecule has 1 aromatic heterocycles. The van der Waals surface area contributed by atoms with Gasteiger partial charge in [0.15, 0.2) is 0 Å². The third-order valence-electron chi connectivity index (χ3n) is 4.87. The van der Waals surface area contributed by atoms with E-state index in [0.29, 0.717) is 18.2 Å². The fourth-order valence-corrected chi connectivity index (χ4v) is 3.52. The molecule has 0 bridgehead atoms. The Hall–Kier alpha value is -3.13. The van der Waals surface area contributed by atoms with Crippen LogP contribution in [0.5, 0.6) is 5.88 Å². The first kappa shape index (κ1) is 17.3. The second-order valence-corrected chi connectivity index (χ2v) is 6.59. The molecule has 2 fully saturated rings. The topological polar surface area (TPSA) is 95.6 Å². The van der Waals surface area contributed by atoms with Crippen molar-refractivity contribution in [3.8, 4) is 5.88 Å². The van der Waals surface area contributed by atoms with E-state index in [4.69, 9.17) is 4.74 Å². The van der Waals surface area contributed by atoms with Crippen LogP contribution in [0.4, 0.5) is 4.79 Å². The summed E-state index contributed by atoms with van der Waals surface area (Å²) in [6, 6.07) is 9.40. The molecular formula is C19H21N5O3. The van der Waals surface area contributed by atoms with Crippen molar-refractivity contribution in [3.05, 3.63) is 48.7 Å². The number of nitrogens with zero attached hydrogens (tertiary/aromatic N) is 2. The zero-order valence-electron chi connectivity index (χ0n) is 14.8. The van der Waals surface area contributed by atoms with Crippen LogP contribution in [-0.4, -0.2) is 41.0 Å². The maximum absolute atomic E-state index is 12.0. The van der Waals surface area contributed by atoms with Crippen LogP contribution in [0.2, 0.25) is 0 Å². The highest BCUT2D eigenvalue weighted by atomic mass is 16.5. The Morgan fingerprint density at radius 3 is 3.04 bits per heavy atom. The molecule has 2 aliphatic heterocycles. The number of nitrogens with one attached hydrogen (secondary N) is 3. The van der Waals surface area contributed by atoms with Gasteiger partial charge in [-0.05, 0) is 36.4 Å². The smallest absolute Gasteiger partial charge is 0.330 e. The second kappa shape index (κ2) is 7.24. The number of hydrogen-bond acceptors (Lipinski definition) is 5. The summed E-state index contributed by atoms with van der Waals surface area (Å²) in [5.74, 6) is 0.417. The zero-order chi connectivity index (χ0) is 18.8. The van der Waals surface area contributed by atoms with Crippen molar-refractivity contribution >= 4 is 22.7 Å². The molecule has 0 aliphatic carbocycles. The minimum absolute atomic E-state index is 0.00527. The molecule has 2 saturated heterocycles. The number of ether oxygens (including phenoxy) is 1. The summed E-state index contributed by atoms with van der Waals surface area (Å²) < 4.78 is 6.06. The first-order valence-electron chi connectivity index (χ1n) is 8.93. The number of carbonyl (C=O) groups excluding carboxylic acids is 2. The molecule has 140 valence electrons.